The molecule has 3 nitrogen and oxygen atoms in total. The van der Waals surface area contributed by atoms with Crippen LogP contribution in [0.25, 0.3) is 10.9 Å². The fourth-order valence-corrected chi connectivity index (χ4v) is 2.71. The lowest BCUT2D eigenvalue weighted by Gasteiger charge is -2.28. The van der Waals surface area contributed by atoms with E-state index in [0.29, 0.717) is 5.28 Å². The number of aryl methyl sites for hydroxylation is 1. The third-order valence-corrected chi connectivity index (χ3v) is 3.63. The van der Waals surface area contributed by atoms with E-state index in [0.717, 1.165) is 29.8 Å². The molecule has 94 valence electrons. The van der Waals surface area contributed by atoms with Crippen LogP contribution < -0.4 is 4.90 Å². The Morgan fingerprint density at radius 2 is 1.89 bits per heavy atom. The van der Waals surface area contributed by atoms with E-state index >= 15 is 0 Å². The smallest absolute Gasteiger partial charge is 0.224 e. The van der Waals surface area contributed by atoms with Crippen LogP contribution in [0.15, 0.2) is 18.2 Å². The quantitative estimate of drug-likeness (QED) is 0.735. The zero-order valence-electron chi connectivity index (χ0n) is 10.5. The van der Waals surface area contributed by atoms with Crippen molar-refractivity contribution in [3.63, 3.8) is 0 Å². The zero-order valence-corrected chi connectivity index (χ0v) is 11.2. The van der Waals surface area contributed by atoms with Gasteiger partial charge in [-0.25, -0.2) is 4.98 Å². The highest BCUT2D eigenvalue weighted by molar-refractivity contribution is 6.28. The largest absolute Gasteiger partial charge is 0.356 e. The minimum absolute atomic E-state index is 0.341. The molecule has 2 aromatic rings. The second-order valence-corrected chi connectivity index (χ2v) is 5.22. The first-order valence-electron chi connectivity index (χ1n) is 6.43. The minimum atomic E-state index is 0.341. The summed E-state index contributed by atoms with van der Waals surface area (Å²) in [6, 6.07) is 6.27. The molecule has 1 saturated heterocycles. The second kappa shape index (κ2) is 4.73. The van der Waals surface area contributed by atoms with Crippen LogP contribution in [-0.4, -0.2) is 23.1 Å². The fourth-order valence-electron chi connectivity index (χ4n) is 2.54. The maximum atomic E-state index is 6.05. The SMILES string of the molecule is Cc1ccc2c(N3CCCCC3)nc(Cl)nc2c1. The first kappa shape index (κ1) is 11.7. The van der Waals surface area contributed by atoms with Gasteiger partial charge in [0, 0.05) is 18.5 Å². The van der Waals surface area contributed by atoms with Crippen molar-refractivity contribution in [1.29, 1.82) is 0 Å². The molecule has 1 aromatic heterocycles. The summed E-state index contributed by atoms with van der Waals surface area (Å²) in [6.45, 7) is 4.20. The molecule has 0 unspecified atom stereocenters. The minimum Gasteiger partial charge on any atom is -0.356 e. The van der Waals surface area contributed by atoms with Crippen LogP contribution in [0.5, 0.6) is 0 Å². The summed E-state index contributed by atoms with van der Waals surface area (Å²) in [6.07, 6.45) is 3.77. The van der Waals surface area contributed by atoms with Gasteiger partial charge >= 0.3 is 0 Å². The molecular weight excluding hydrogens is 246 g/mol. The molecule has 1 fully saturated rings. The average molecular weight is 262 g/mol. The van der Waals surface area contributed by atoms with Gasteiger partial charge in [0.25, 0.3) is 0 Å². The first-order chi connectivity index (χ1) is 8.74. The summed E-state index contributed by atoms with van der Waals surface area (Å²) in [5, 5.41) is 1.44. The van der Waals surface area contributed by atoms with Crippen molar-refractivity contribution in [3.05, 3.63) is 29.0 Å². The molecule has 1 aliphatic rings. The van der Waals surface area contributed by atoms with Gasteiger partial charge in [0.05, 0.1) is 5.52 Å². The molecule has 0 saturated carbocycles. The van der Waals surface area contributed by atoms with Crippen LogP contribution in [0, 0.1) is 6.92 Å². The van der Waals surface area contributed by atoms with Gasteiger partial charge in [-0.3, -0.25) is 0 Å². The van der Waals surface area contributed by atoms with Crippen molar-refractivity contribution in [2.75, 3.05) is 18.0 Å². The van der Waals surface area contributed by atoms with Gasteiger partial charge in [-0.15, -0.1) is 0 Å². The summed E-state index contributed by atoms with van der Waals surface area (Å²) < 4.78 is 0. The number of nitrogens with zero attached hydrogens (tertiary/aromatic N) is 3. The van der Waals surface area contributed by atoms with Crippen molar-refractivity contribution in [3.8, 4) is 0 Å². The van der Waals surface area contributed by atoms with Gasteiger partial charge in [-0.05, 0) is 55.5 Å². The Hall–Kier alpha value is -1.35. The van der Waals surface area contributed by atoms with E-state index in [1.807, 2.05) is 0 Å². The first-order valence-corrected chi connectivity index (χ1v) is 6.81. The van der Waals surface area contributed by atoms with Crippen molar-refractivity contribution in [2.24, 2.45) is 0 Å². The van der Waals surface area contributed by atoms with E-state index in [1.54, 1.807) is 0 Å². The number of aromatic nitrogens is 2. The van der Waals surface area contributed by atoms with E-state index in [2.05, 4.69) is 40.0 Å². The molecule has 0 atom stereocenters. The highest BCUT2D eigenvalue weighted by atomic mass is 35.5. The highest BCUT2D eigenvalue weighted by Gasteiger charge is 2.16. The monoisotopic (exact) mass is 261 g/mol. The highest BCUT2D eigenvalue weighted by Crippen LogP contribution is 2.28. The third kappa shape index (κ3) is 2.15. The molecule has 4 heteroatoms. The fraction of sp³-hybridized carbons (Fsp3) is 0.429. The molecule has 0 radical (unpaired) electrons. The molecule has 0 amide bonds. The molecule has 1 aromatic carbocycles. The Morgan fingerprint density at radius 3 is 2.67 bits per heavy atom. The van der Waals surface area contributed by atoms with Crippen molar-refractivity contribution < 1.29 is 0 Å². The predicted octanol–water partition coefficient (Wildman–Crippen LogP) is 3.58. The summed E-state index contributed by atoms with van der Waals surface area (Å²) in [4.78, 5) is 11.1. The second-order valence-electron chi connectivity index (χ2n) is 4.88. The summed E-state index contributed by atoms with van der Waals surface area (Å²) in [5.74, 6) is 0.990. The molecule has 0 bridgehead atoms. The van der Waals surface area contributed by atoms with Crippen LogP contribution in [0.1, 0.15) is 24.8 Å². The van der Waals surface area contributed by atoms with Crippen LogP contribution in [0.3, 0.4) is 0 Å². The molecule has 0 spiro atoms. The van der Waals surface area contributed by atoms with Crippen molar-refractivity contribution >= 4 is 28.3 Å². The third-order valence-electron chi connectivity index (χ3n) is 3.46. The maximum absolute atomic E-state index is 6.05. The molecule has 0 N–H and O–H groups in total. The average Bonchev–Trinajstić information content (AvgIpc) is 2.38. The van der Waals surface area contributed by atoms with Gasteiger partial charge in [-0.1, -0.05) is 6.07 Å². The van der Waals surface area contributed by atoms with Crippen molar-refractivity contribution in [2.45, 2.75) is 26.2 Å². The van der Waals surface area contributed by atoms with Crippen LogP contribution in [0.4, 0.5) is 5.82 Å². The number of hydrogen-bond acceptors (Lipinski definition) is 3. The van der Waals surface area contributed by atoms with Crippen LogP contribution in [0.2, 0.25) is 5.28 Å². The van der Waals surface area contributed by atoms with Gasteiger partial charge in [0.15, 0.2) is 0 Å². The predicted molar refractivity (Wildman–Crippen MR) is 75.3 cm³/mol. The summed E-state index contributed by atoms with van der Waals surface area (Å²) in [5.41, 5.74) is 2.14. The van der Waals surface area contributed by atoms with Gasteiger partial charge in [-0.2, -0.15) is 4.98 Å². The van der Waals surface area contributed by atoms with Crippen LogP contribution in [-0.2, 0) is 0 Å². The molecule has 18 heavy (non-hydrogen) atoms. The summed E-state index contributed by atoms with van der Waals surface area (Å²) in [7, 11) is 0. The lowest BCUT2D eigenvalue weighted by Crippen LogP contribution is -2.30. The van der Waals surface area contributed by atoms with Gasteiger partial charge in [0.1, 0.15) is 5.82 Å². The number of halogens is 1. The number of fused-ring (bicyclic) bond motifs is 1. The number of hydrogen-bond donors (Lipinski definition) is 0. The van der Waals surface area contributed by atoms with E-state index in [9.17, 15) is 0 Å². The number of benzene rings is 1. The molecule has 0 aliphatic carbocycles. The Balaban J connectivity index is 2.14. The molecule has 2 heterocycles. The topological polar surface area (TPSA) is 29.0 Å². The number of piperidine rings is 1. The van der Waals surface area contributed by atoms with E-state index in [4.69, 9.17) is 11.6 Å². The van der Waals surface area contributed by atoms with Gasteiger partial charge < -0.3 is 4.90 Å². The maximum Gasteiger partial charge on any atom is 0.224 e. The standard InChI is InChI=1S/C14H16ClN3/c1-10-5-6-11-12(9-10)16-14(15)17-13(11)18-7-3-2-4-8-18/h5-6,9H,2-4,7-8H2,1H3. The molecular formula is C14H16ClN3. The Labute approximate surface area is 112 Å². The van der Waals surface area contributed by atoms with E-state index in [-0.39, 0.29) is 0 Å². The lowest BCUT2D eigenvalue weighted by atomic mass is 10.1. The number of anilines is 1. The number of rotatable bonds is 1. The Bertz CT molecular complexity index is 571. The van der Waals surface area contributed by atoms with E-state index < -0.39 is 0 Å². The normalized spacial score (nSPS) is 16.2. The summed E-state index contributed by atoms with van der Waals surface area (Å²) >= 11 is 6.05. The Kier molecular flexibility index (Phi) is 3.08. The van der Waals surface area contributed by atoms with Gasteiger partial charge in [0.2, 0.25) is 5.28 Å². The molecule has 3 rings (SSSR count). The lowest BCUT2D eigenvalue weighted by molar-refractivity contribution is 0.574. The van der Waals surface area contributed by atoms with Crippen molar-refractivity contribution in [1.82, 2.24) is 9.97 Å². The van der Waals surface area contributed by atoms with E-state index in [1.165, 1.54) is 24.8 Å². The zero-order chi connectivity index (χ0) is 12.5. The Morgan fingerprint density at radius 1 is 1.11 bits per heavy atom. The van der Waals surface area contributed by atoms with Crippen LogP contribution >= 0.6 is 11.6 Å². The molecule has 1 aliphatic heterocycles.